The van der Waals surface area contributed by atoms with E-state index < -0.39 is 53.5 Å². The van der Waals surface area contributed by atoms with E-state index in [1.54, 1.807) is 13.8 Å². The number of ether oxygens (including phenoxy) is 2. The largest absolute Gasteiger partial charge is 0.469 e. The van der Waals surface area contributed by atoms with Crippen LogP contribution in [-0.2, 0) is 23.9 Å². The van der Waals surface area contributed by atoms with Gasteiger partial charge in [-0.1, -0.05) is 32.0 Å². The van der Waals surface area contributed by atoms with Gasteiger partial charge in [0.1, 0.15) is 5.54 Å². The Hall–Kier alpha value is -2.41. The van der Waals surface area contributed by atoms with E-state index in [4.69, 9.17) is 11.6 Å². The maximum absolute atomic E-state index is 13.4. The fourth-order valence-corrected chi connectivity index (χ4v) is 3.36. The summed E-state index contributed by atoms with van der Waals surface area (Å²) in [6.45, 7) is 4.28. The molecule has 7 nitrogen and oxygen atoms in total. The third-order valence-corrected chi connectivity index (χ3v) is 4.96. The molecule has 0 aromatic heterocycles. The molecule has 0 bridgehead atoms. The number of methoxy groups -OCH3 is 2. The number of hydrogen-bond acceptors (Lipinski definition) is 6. The smallest absolute Gasteiger partial charge is 0.332 e. The van der Waals surface area contributed by atoms with Crippen LogP contribution in [0.25, 0.3) is 0 Å². The minimum Gasteiger partial charge on any atom is -0.469 e. The summed E-state index contributed by atoms with van der Waals surface area (Å²) in [6, 6.07) is -2.90. The van der Waals surface area contributed by atoms with Gasteiger partial charge < -0.3 is 14.4 Å². The average Bonchev–Trinajstić information content (AvgIpc) is 2.81. The molecule has 1 fully saturated rings. The van der Waals surface area contributed by atoms with E-state index in [0.29, 0.717) is 19.6 Å². The van der Waals surface area contributed by atoms with Gasteiger partial charge in [-0.25, -0.2) is 4.79 Å². The highest BCUT2D eigenvalue weighted by molar-refractivity contribution is 6.03. The SMILES string of the molecule is [2H]c1c([2H])c([2H])c(N(C(=O)C(C)C)C2(C(=O)OC)CCN(CCC(=O)OC)CC2)c([2H])c1[2H]. The minimum atomic E-state index is -1.56. The molecule has 0 aliphatic carbocycles. The van der Waals surface area contributed by atoms with E-state index in [-0.39, 0.29) is 30.9 Å². The van der Waals surface area contributed by atoms with Crippen LogP contribution in [-0.4, -0.2) is 62.1 Å². The molecule has 1 aliphatic rings. The maximum atomic E-state index is 13.4. The van der Waals surface area contributed by atoms with Crippen molar-refractivity contribution in [1.29, 1.82) is 0 Å². The fraction of sp³-hybridized carbons (Fsp3) is 0.571. The van der Waals surface area contributed by atoms with Gasteiger partial charge in [0.2, 0.25) is 5.91 Å². The zero-order valence-corrected chi connectivity index (χ0v) is 16.8. The van der Waals surface area contributed by atoms with Crippen LogP contribution in [0, 0.1) is 5.92 Å². The summed E-state index contributed by atoms with van der Waals surface area (Å²) < 4.78 is 50.5. The van der Waals surface area contributed by atoms with E-state index in [9.17, 15) is 14.4 Å². The molecule has 7 heteroatoms. The van der Waals surface area contributed by atoms with Crippen molar-refractivity contribution in [2.75, 3.05) is 38.8 Å². The van der Waals surface area contributed by atoms with Crippen molar-refractivity contribution in [1.82, 2.24) is 4.90 Å². The Morgan fingerprint density at radius 1 is 1.14 bits per heavy atom. The second-order valence-corrected chi connectivity index (χ2v) is 6.99. The Balaban J connectivity index is 2.61. The van der Waals surface area contributed by atoms with Crippen molar-refractivity contribution < 1.29 is 30.7 Å². The van der Waals surface area contributed by atoms with E-state index in [1.807, 2.05) is 4.90 Å². The first-order chi connectivity index (χ1) is 15.4. The molecule has 2 rings (SSSR count). The molecule has 1 aromatic carbocycles. The molecular formula is C21H30N2O5. The minimum absolute atomic E-state index is 0.0987. The number of hydrogen-bond donors (Lipinski definition) is 0. The van der Waals surface area contributed by atoms with Crippen LogP contribution in [0.4, 0.5) is 5.69 Å². The molecule has 0 saturated carbocycles. The van der Waals surface area contributed by atoms with E-state index >= 15 is 0 Å². The van der Waals surface area contributed by atoms with E-state index in [2.05, 4.69) is 4.74 Å². The van der Waals surface area contributed by atoms with Gasteiger partial charge in [-0.3, -0.25) is 14.5 Å². The predicted molar refractivity (Wildman–Crippen MR) is 106 cm³/mol. The number of para-hydroxylation sites is 1. The number of likely N-dealkylation sites (tertiary alicyclic amines) is 1. The van der Waals surface area contributed by atoms with Gasteiger partial charge in [0.15, 0.2) is 0 Å². The van der Waals surface area contributed by atoms with Crippen molar-refractivity contribution in [3.8, 4) is 0 Å². The normalized spacial score (nSPS) is 19.0. The summed E-state index contributed by atoms with van der Waals surface area (Å²) in [7, 11) is 2.49. The molecule has 1 amide bonds. The Kier molecular flexibility index (Phi) is 5.36. The van der Waals surface area contributed by atoms with Crippen LogP contribution in [0.5, 0.6) is 0 Å². The lowest BCUT2D eigenvalue weighted by atomic mass is 9.84. The molecule has 0 radical (unpaired) electrons. The van der Waals surface area contributed by atoms with Crippen molar-refractivity contribution in [3.63, 3.8) is 0 Å². The second-order valence-electron chi connectivity index (χ2n) is 6.99. The Bertz CT molecular complexity index is 903. The summed E-state index contributed by atoms with van der Waals surface area (Å²) >= 11 is 0. The number of piperidine rings is 1. The van der Waals surface area contributed by atoms with Gasteiger partial charge in [-0.15, -0.1) is 0 Å². The Morgan fingerprint density at radius 2 is 1.75 bits per heavy atom. The van der Waals surface area contributed by atoms with Crippen LogP contribution in [0.3, 0.4) is 0 Å². The first kappa shape index (κ1) is 15.5. The molecule has 1 aliphatic heterocycles. The summed E-state index contributed by atoms with van der Waals surface area (Å²) in [5.41, 5.74) is -1.90. The summed E-state index contributed by atoms with van der Waals surface area (Å²) in [5.74, 6) is -2.27. The number of esters is 2. The molecule has 0 spiro atoms. The molecule has 0 unspecified atom stereocenters. The zero-order chi connectivity index (χ0) is 25.1. The van der Waals surface area contributed by atoms with Crippen LogP contribution in [0.2, 0.25) is 0 Å². The quantitative estimate of drug-likeness (QED) is 0.659. The Labute approximate surface area is 173 Å². The maximum Gasteiger partial charge on any atom is 0.332 e. The molecule has 0 N–H and O–H groups in total. The number of amides is 1. The number of rotatable bonds is 7. The van der Waals surface area contributed by atoms with Crippen molar-refractivity contribution in [3.05, 3.63) is 30.2 Å². The van der Waals surface area contributed by atoms with Gasteiger partial charge >= 0.3 is 11.9 Å². The zero-order valence-electron chi connectivity index (χ0n) is 21.8. The molecule has 1 saturated heterocycles. The van der Waals surface area contributed by atoms with Crippen LogP contribution < -0.4 is 4.90 Å². The lowest BCUT2D eigenvalue weighted by Crippen LogP contribution is -2.63. The summed E-state index contributed by atoms with van der Waals surface area (Å²) in [4.78, 5) is 41.1. The van der Waals surface area contributed by atoms with Gasteiger partial charge in [-0.2, -0.15) is 0 Å². The molecule has 1 aromatic rings. The van der Waals surface area contributed by atoms with Gasteiger partial charge in [0.25, 0.3) is 0 Å². The lowest BCUT2D eigenvalue weighted by Gasteiger charge is -2.47. The van der Waals surface area contributed by atoms with E-state index in [1.165, 1.54) is 14.2 Å². The monoisotopic (exact) mass is 395 g/mol. The van der Waals surface area contributed by atoms with Crippen molar-refractivity contribution >= 4 is 23.5 Å². The predicted octanol–water partition coefficient (Wildman–Crippen LogP) is 2.25. The number of carbonyl (C=O) groups is 3. The van der Waals surface area contributed by atoms with Crippen LogP contribution in [0.15, 0.2) is 30.2 Å². The van der Waals surface area contributed by atoms with Crippen molar-refractivity contribution in [2.24, 2.45) is 5.92 Å². The molecule has 1 heterocycles. The lowest BCUT2D eigenvalue weighted by molar-refractivity contribution is -0.151. The molecule has 154 valence electrons. The summed E-state index contributed by atoms with van der Waals surface area (Å²) in [5, 5.41) is 0. The standard InChI is InChI=1S/C21H30N2O5/c1-16(2)19(25)23(17-8-6-5-7-9-17)21(20(26)28-4)11-14-22(15-12-21)13-10-18(24)27-3/h5-9,16H,10-15H2,1-4H3/i5D,6D,7D,8D,9D. The second kappa shape index (κ2) is 9.68. The molecule has 28 heavy (non-hydrogen) atoms. The highest BCUT2D eigenvalue weighted by Crippen LogP contribution is 2.36. The van der Waals surface area contributed by atoms with E-state index in [0.717, 1.165) is 4.90 Å². The van der Waals surface area contributed by atoms with Crippen molar-refractivity contribution in [2.45, 2.75) is 38.6 Å². The molecule has 0 atom stereocenters. The average molecular weight is 396 g/mol. The van der Waals surface area contributed by atoms with Crippen LogP contribution in [0.1, 0.15) is 40.0 Å². The number of benzene rings is 1. The third kappa shape index (κ3) is 4.70. The Morgan fingerprint density at radius 3 is 2.25 bits per heavy atom. The van der Waals surface area contributed by atoms with Gasteiger partial charge in [-0.05, 0) is 24.9 Å². The first-order valence-electron chi connectivity index (χ1n) is 11.7. The number of anilines is 1. The van der Waals surface area contributed by atoms with Crippen LogP contribution >= 0.6 is 0 Å². The topological polar surface area (TPSA) is 76.2 Å². The number of nitrogens with zero attached hydrogens (tertiary/aromatic N) is 2. The third-order valence-electron chi connectivity index (χ3n) is 4.96. The number of carbonyl (C=O) groups excluding carboxylic acids is 3. The van der Waals surface area contributed by atoms with Gasteiger partial charge in [0.05, 0.1) is 27.5 Å². The first-order valence-corrected chi connectivity index (χ1v) is 9.21. The highest BCUT2D eigenvalue weighted by atomic mass is 16.5. The molecular weight excluding hydrogens is 360 g/mol. The summed E-state index contributed by atoms with van der Waals surface area (Å²) in [6.07, 6.45) is 0.364. The van der Waals surface area contributed by atoms with Gasteiger partial charge in [0, 0.05) is 31.2 Å². The fourth-order valence-electron chi connectivity index (χ4n) is 3.36. The highest BCUT2D eigenvalue weighted by Gasteiger charge is 2.50.